The van der Waals surface area contributed by atoms with Crippen LogP contribution in [0.25, 0.3) is 0 Å². The van der Waals surface area contributed by atoms with Gasteiger partial charge in [0, 0.05) is 6.20 Å². The second-order valence-corrected chi connectivity index (χ2v) is 8.38. The molecule has 0 saturated carbocycles. The number of amides is 1. The van der Waals surface area contributed by atoms with Gasteiger partial charge in [0.15, 0.2) is 0 Å². The van der Waals surface area contributed by atoms with Crippen LogP contribution in [-0.4, -0.2) is 20.7 Å². The summed E-state index contributed by atoms with van der Waals surface area (Å²) in [5.74, 6) is -2.12. The Morgan fingerprint density at radius 1 is 1.11 bits per heavy atom. The Morgan fingerprint density at radius 2 is 1.83 bits per heavy atom. The normalized spacial score (nSPS) is 11.9. The number of aromatic amines is 1. The number of hydrogen-bond acceptors (Lipinski definition) is 5. The SMILES string of the molecule is Cc1cc(F)ccc1Oc1cc(C(F)(F)F)ccc1C(=O)Nc1cc[nH]c(=O)c1COP(=O)(O)O. The fraction of sp³-hybridized carbons (Fsp3) is 0.143. The van der Waals surface area contributed by atoms with Crippen LogP contribution in [0.1, 0.15) is 27.0 Å². The number of phosphoric acid groups is 1. The second kappa shape index (κ2) is 10.0. The Labute approximate surface area is 194 Å². The highest BCUT2D eigenvalue weighted by Gasteiger charge is 2.32. The van der Waals surface area contributed by atoms with Crippen LogP contribution in [0.5, 0.6) is 11.5 Å². The molecule has 9 nitrogen and oxygen atoms in total. The van der Waals surface area contributed by atoms with Crippen molar-refractivity contribution in [2.75, 3.05) is 5.32 Å². The molecule has 0 unspecified atom stereocenters. The van der Waals surface area contributed by atoms with Gasteiger partial charge in [0.2, 0.25) is 0 Å². The topological polar surface area (TPSA) is 138 Å². The Morgan fingerprint density at radius 3 is 2.46 bits per heavy atom. The summed E-state index contributed by atoms with van der Waals surface area (Å²) < 4.78 is 74.1. The van der Waals surface area contributed by atoms with Crippen molar-refractivity contribution in [1.29, 1.82) is 0 Å². The number of aryl methyl sites for hydroxylation is 1. The number of aromatic nitrogens is 1. The van der Waals surface area contributed by atoms with E-state index in [-0.39, 0.29) is 28.1 Å². The van der Waals surface area contributed by atoms with E-state index < -0.39 is 49.2 Å². The van der Waals surface area contributed by atoms with Crippen molar-refractivity contribution in [1.82, 2.24) is 4.98 Å². The van der Waals surface area contributed by atoms with Crippen molar-refractivity contribution in [2.24, 2.45) is 0 Å². The van der Waals surface area contributed by atoms with Crippen LogP contribution in [-0.2, 0) is 21.9 Å². The van der Waals surface area contributed by atoms with E-state index in [0.29, 0.717) is 12.1 Å². The smallest absolute Gasteiger partial charge is 0.456 e. The monoisotopic (exact) mass is 516 g/mol. The molecule has 0 radical (unpaired) electrons. The van der Waals surface area contributed by atoms with E-state index in [9.17, 15) is 31.7 Å². The summed E-state index contributed by atoms with van der Waals surface area (Å²) in [5, 5.41) is 2.30. The van der Waals surface area contributed by atoms with Gasteiger partial charge in [0.25, 0.3) is 11.5 Å². The Bertz CT molecular complexity index is 1370. The van der Waals surface area contributed by atoms with Crippen LogP contribution in [0.4, 0.5) is 23.2 Å². The van der Waals surface area contributed by atoms with Crippen LogP contribution < -0.4 is 15.6 Å². The van der Waals surface area contributed by atoms with Gasteiger partial charge in [0.05, 0.1) is 29.0 Å². The largest absolute Gasteiger partial charge is 0.469 e. The number of carbonyl (C=O) groups is 1. The van der Waals surface area contributed by atoms with Crippen molar-refractivity contribution in [2.45, 2.75) is 19.7 Å². The molecule has 0 atom stereocenters. The molecule has 1 aromatic heterocycles. The van der Waals surface area contributed by atoms with E-state index in [1.165, 1.54) is 19.1 Å². The molecule has 4 N–H and O–H groups in total. The zero-order valence-electron chi connectivity index (χ0n) is 17.7. The average Bonchev–Trinajstić information content (AvgIpc) is 2.74. The minimum absolute atomic E-state index is 0.00772. The van der Waals surface area contributed by atoms with Crippen LogP contribution in [0.3, 0.4) is 0 Å². The molecule has 0 aliphatic heterocycles. The molecule has 1 amide bonds. The van der Waals surface area contributed by atoms with Crippen LogP contribution >= 0.6 is 7.82 Å². The van der Waals surface area contributed by atoms with Crippen LogP contribution in [0.15, 0.2) is 53.5 Å². The fourth-order valence-electron chi connectivity index (χ4n) is 2.93. The standard InChI is InChI=1S/C21H17F4N2O7P/c1-11-8-13(22)3-5-17(11)34-18-9-12(21(23,24)25)2-4-14(18)20(29)27-16-6-7-26-19(28)15(16)10-33-35(30,31)32/h2-9H,10H2,1H3,(H2,30,31,32)(H2,26,27,28,29). The number of nitrogens with one attached hydrogen (secondary N) is 2. The summed E-state index contributed by atoms with van der Waals surface area (Å²) in [4.78, 5) is 45.1. The van der Waals surface area contributed by atoms with Crippen LogP contribution in [0, 0.1) is 12.7 Å². The summed E-state index contributed by atoms with van der Waals surface area (Å²) >= 11 is 0. The molecule has 14 heteroatoms. The molecule has 2 aromatic carbocycles. The number of carbonyl (C=O) groups excluding carboxylic acids is 1. The minimum Gasteiger partial charge on any atom is -0.456 e. The van der Waals surface area contributed by atoms with Crippen molar-refractivity contribution in [3.8, 4) is 11.5 Å². The number of rotatable bonds is 7. The first kappa shape index (κ1) is 26.1. The molecule has 3 rings (SSSR count). The van der Waals surface area contributed by atoms with E-state index >= 15 is 0 Å². The summed E-state index contributed by atoms with van der Waals surface area (Å²) in [7, 11) is -4.96. The highest BCUT2D eigenvalue weighted by molar-refractivity contribution is 7.46. The predicted octanol–water partition coefficient (Wildman–Crippen LogP) is 4.50. The molecule has 0 spiro atoms. The third-order valence-electron chi connectivity index (χ3n) is 4.60. The predicted molar refractivity (Wildman–Crippen MR) is 115 cm³/mol. The maximum atomic E-state index is 13.4. The van der Waals surface area contributed by atoms with Crippen molar-refractivity contribution in [3.63, 3.8) is 0 Å². The second-order valence-electron chi connectivity index (χ2n) is 7.14. The quantitative estimate of drug-likeness (QED) is 0.268. The number of halogens is 4. The van der Waals surface area contributed by atoms with Crippen molar-refractivity contribution < 1.29 is 46.0 Å². The number of alkyl halides is 3. The zero-order chi connectivity index (χ0) is 26.0. The van der Waals surface area contributed by atoms with Gasteiger partial charge in [0.1, 0.15) is 17.3 Å². The van der Waals surface area contributed by atoms with Gasteiger partial charge in [-0.05, 0) is 55.0 Å². The number of H-pyrrole nitrogens is 1. The van der Waals surface area contributed by atoms with E-state index in [1.807, 2.05) is 0 Å². The summed E-state index contributed by atoms with van der Waals surface area (Å²) in [6.45, 7) is 0.580. The van der Waals surface area contributed by atoms with E-state index in [0.717, 1.165) is 24.4 Å². The molecule has 0 saturated heterocycles. The average molecular weight is 516 g/mol. The number of hydrogen-bond donors (Lipinski definition) is 4. The first-order valence-corrected chi connectivity index (χ1v) is 11.1. The number of benzene rings is 2. The van der Waals surface area contributed by atoms with Gasteiger partial charge in [-0.1, -0.05) is 0 Å². The van der Waals surface area contributed by atoms with Gasteiger partial charge in [-0.3, -0.25) is 14.1 Å². The van der Waals surface area contributed by atoms with Gasteiger partial charge >= 0.3 is 14.0 Å². The van der Waals surface area contributed by atoms with Gasteiger partial charge in [-0.25, -0.2) is 8.96 Å². The zero-order valence-corrected chi connectivity index (χ0v) is 18.6. The molecule has 0 aliphatic rings. The molecule has 186 valence electrons. The molecule has 1 heterocycles. The summed E-state index contributed by atoms with van der Waals surface area (Å²) in [6.07, 6.45) is -3.63. The molecule has 0 aliphatic carbocycles. The lowest BCUT2D eigenvalue weighted by Gasteiger charge is -2.16. The number of ether oxygens (including phenoxy) is 1. The number of anilines is 1. The molecule has 0 bridgehead atoms. The van der Waals surface area contributed by atoms with Gasteiger partial charge < -0.3 is 24.8 Å². The lowest BCUT2D eigenvalue weighted by Crippen LogP contribution is -2.20. The van der Waals surface area contributed by atoms with Crippen molar-refractivity contribution >= 4 is 19.4 Å². The Kier molecular flexibility index (Phi) is 7.46. The fourth-order valence-corrected chi connectivity index (χ4v) is 3.22. The highest BCUT2D eigenvalue weighted by Crippen LogP contribution is 2.38. The van der Waals surface area contributed by atoms with E-state index in [1.54, 1.807) is 0 Å². The summed E-state index contributed by atoms with van der Waals surface area (Å²) in [5.41, 5.74) is -2.63. The minimum atomic E-state index is -4.96. The number of phosphoric ester groups is 1. The molecule has 3 aromatic rings. The molecular formula is C21H17F4N2O7P. The van der Waals surface area contributed by atoms with Gasteiger partial charge in [-0.2, -0.15) is 13.2 Å². The highest BCUT2D eigenvalue weighted by atomic mass is 31.2. The number of pyridine rings is 1. The van der Waals surface area contributed by atoms with Gasteiger partial charge in [-0.15, -0.1) is 0 Å². The molecular weight excluding hydrogens is 499 g/mol. The molecule has 0 fully saturated rings. The van der Waals surface area contributed by atoms with Crippen molar-refractivity contribution in [3.05, 3.63) is 87.1 Å². The third-order valence-corrected chi connectivity index (χ3v) is 5.06. The van der Waals surface area contributed by atoms with E-state index in [2.05, 4.69) is 14.8 Å². The first-order chi connectivity index (χ1) is 16.2. The maximum Gasteiger partial charge on any atom is 0.469 e. The maximum absolute atomic E-state index is 13.4. The summed E-state index contributed by atoms with van der Waals surface area (Å²) in [6, 6.07) is 6.58. The first-order valence-electron chi connectivity index (χ1n) is 9.62. The Balaban J connectivity index is 2.00. The van der Waals surface area contributed by atoms with E-state index in [4.69, 9.17) is 14.5 Å². The Hall–Kier alpha value is -3.51. The lowest BCUT2D eigenvalue weighted by atomic mass is 10.1. The van der Waals surface area contributed by atoms with Crippen LogP contribution in [0.2, 0.25) is 0 Å². The lowest BCUT2D eigenvalue weighted by molar-refractivity contribution is -0.137. The molecule has 35 heavy (non-hydrogen) atoms. The third kappa shape index (κ3) is 6.76.